The third-order valence-corrected chi connectivity index (χ3v) is 2.79. The van der Waals surface area contributed by atoms with Crippen LogP contribution in [0, 0.1) is 10.1 Å². The molecule has 0 fully saturated rings. The topological polar surface area (TPSA) is 90.7 Å². The van der Waals surface area contributed by atoms with E-state index in [1.165, 1.54) is 12.1 Å². The number of alkyl carbamates (subject to hydrolysis) is 1. The molecule has 122 valence electrons. The Bertz CT molecular complexity index is 543. The zero-order valence-corrected chi connectivity index (χ0v) is 14.3. The number of carbonyl (C=O) groups is 1. The fourth-order valence-corrected chi connectivity index (χ4v) is 2.08. The van der Waals surface area contributed by atoms with Gasteiger partial charge in [-0.25, -0.2) is 4.79 Å². The molecule has 8 heteroatoms. The highest BCUT2D eigenvalue weighted by molar-refractivity contribution is 9.10. The van der Waals surface area contributed by atoms with Crippen molar-refractivity contribution in [3.05, 3.63) is 38.3 Å². The van der Waals surface area contributed by atoms with E-state index in [1.807, 2.05) is 0 Å². The highest BCUT2D eigenvalue weighted by Crippen LogP contribution is 2.21. The minimum atomic E-state index is -0.541. The van der Waals surface area contributed by atoms with Gasteiger partial charge in [0.1, 0.15) is 5.60 Å². The number of rotatable bonds is 6. The molecule has 1 aromatic carbocycles. The number of hydrogen-bond donors (Lipinski definition) is 1. The van der Waals surface area contributed by atoms with Crippen molar-refractivity contribution in [3.8, 4) is 0 Å². The molecule has 1 aromatic rings. The molecule has 1 rings (SSSR count). The molecule has 0 aromatic heterocycles. The van der Waals surface area contributed by atoms with Gasteiger partial charge in [0.05, 0.1) is 18.1 Å². The third-order valence-electron chi connectivity index (χ3n) is 2.34. The summed E-state index contributed by atoms with van der Waals surface area (Å²) in [6.07, 6.45) is -0.505. The third kappa shape index (κ3) is 7.37. The average Bonchev–Trinajstić information content (AvgIpc) is 2.35. The predicted molar refractivity (Wildman–Crippen MR) is 84.7 cm³/mol. The van der Waals surface area contributed by atoms with Crippen LogP contribution in [-0.2, 0) is 16.1 Å². The summed E-state index contributed by atoms with van der Waals surface area (Å²) in [4.78, 5) is 21.7. The van der Waals surface area contributed by atoms with Crippen LogP contribution >= 0.6 is 15.9 Å². The molecule has 0 heterocycles. The van der Waals surface area contributed by atoms with Crippen LogP contribution in [0.15, 0.2) is 22.7 Å². The van der Waals surface area contributed by atoms with E-state index in [0.29, 0.717) is 16.6 Å². The minimum Gasteiger partial charge on any atom is -0.444 e. The molecule has 0 saturated carbocycles. The Morgan fingerprint density at radius 3 is 2.64 bits per heavy atom. The number of nitrogens with one attached hydrogen (secondary N) is 1. The van der Waals surface area contributed by atoms with E-state index in [2.05, 4.69) is 21.2 Å². The van der Waals surface area contributed by atoms with Gasteiger partial charge < -0.3 is 14.8 Å². The maximum atomic E-state index is 11.4. The lowest BCUT2D eigenvalue weighted by molar-refractivity contribution is -0.385. The standard InChI is InChI=1S/C14H19BrN2O5/c1-14(2,3)22-13(18)16-4-5-21-9-10-6-11(15)8-12(7-10)17(19)20/h6-8H,4-5,9H2,1-3H3,(H,16,18). The first-order chi connectivity index (χ1) is 10.2. The second-order valence-corrected chi connectivity index (χ2v) is 6.47. The molecule has 0 unspecified atom stereocenters. The molecule has 0 bridgehead atoms. The summed E-state index contributed by atoms with van der Waals surface area (Å²) in [5, 5.41) is 13.3. The zero-order chi connectivity index (χ0) is 16.8. The van der Waals surface area contributed by atoms with Crippen LogP contribution in [0.2, 0.25) is 0 Å². The number of ether oxygens (including phenoxy) is 2. The van der Waals surface area contributed by atoms with Crippen molar-refractivity contribution < 1.29 is 19.2 Å². The Kier molecular flexibility index (Phi) is 6.76. The van der Waals surface area contributed by atoms with Crippen molar-refractivity contribution in [1.29, 1.82) is 0 Å². The quantitative estimate of drug-likeness (QED) is 0.468. The van der Waals surface area contributed by atoms with E-state index in [1.54, 1.807) is 26.8 Å². The van der Waals surface area contributed by atoms with Crippen molar-refractivity contribution in [1.82, 2.24) is 5.32 Å². The number of nitrogens with zero attached hydrogens (tertiary/aromatic N) is 1. The number of carbonyl (C=O) groups excluding carboxylic acids is 1. The highest BCUT2D eigenvalue weighted by atomic mass is 79.9. The van der Waals surface area contributed by atoms with Gasteiger partial charge in [0, 0.05) is 23.2 Å². The Morgan fingerprint density at radius 2 is 2.05 bits per heavy atom. The van der Waals surface area contributed by atoms with Crippen LogP contribution in [0.3, 0.4) is 0 Å². The number of amides is 1. The first kappa shape index (κ1) is 18.4. The van der Waals surface area contributed by atoms with E-state index < -0.39 is 16.6 Å². The molecule has 1 N–H and O–H groups in total. The van der Waals surface area contributed by atoms with Crippen LogP contribution in [0.25, 0.3) is 0 Å². The van der Waals surface area contributed by atoms with Gasteiger partial charge in [0.15, 0.2) is 0 Å². The summed E-state index contributed by atoms with van der Waals surface area (Å²) >= 11 is 3.22. The molecule has 22 heavy (non-hydrogen) atoms. The lowest BCUT2D eigenvalue weighted by Gasteiger charge is -2.19. The van der Waals surface area contributed by atoms with E-state index in [0.717, 1.165) is 0 Å². The van der Waals surface area contributed by atoms with Crippen molar-refractivity contribution in [3.63, 3.8) is 0 Å². The van der Waals surface area contributed by atoms with Crippen LogP contribution < -0.4 is 5.32 Å². The van der Waals surface area contributed by atoms with E-state index in [9.17, 15) is 14.9 Å². The molecular weight excluding hydrogens is 356 g/mol. The largest absolute Gasteiger partial charge is 0.444 e. The fourth-order valence-electron chi connectivity index (χ4n) is 1.55. The van der Waals surface area contributed by atoms with Crippen molar-refractivity contribution >= 4 is 27.7 Å². The van der Waals surface area contributed by atoms with Gasteiger partial charge in [0.25, 0.3) is 5.69 Å². The normalized spacial score (nSPS) is 11.1. The molecule has 0 spiro atoms. The molecule has 0 aliphatic carbocycles. The van der Waals surface area contributed by atoms with E-state index >= 15 is 0 Å². The number of halogens is 1. The van der Waals surface area contributed by atoms with Crippen LogP contribution in [-0.4, -0.2) is 29.8 Å². The van der Waals surface area contributed by atoms with Crippen molar-refractivity contribution in [2.24, 2.45) is 0 Å². The summed E-state index contributed by atoms with van der Waals surface area (Å²) in [5.41, 5.74) is 0.137. The number of nitro benzene ring substituents is 1. The monoisotopic (exact) mass is 374 g/mol. The van der Waals surface area contributed by atoms with Crippen molar-refractivity contribution in [2.45, 2.75) is 33.0 Å². The van der Waals surface area contributed by atoms with Gasteiger partial charge in [-0.2, -0.15) is 0 Å². The highest BCUT2D eigenvalue weighted by Gasteiger charge is 2.15. The summed E-state index contributed by atoms with van der Waals surface area (Å²) in [5.74, 6) is 0. The van der Waals surface area contributed by atoms with Crippen molar-refractivity contribution in [2.75, 3.05) is 13.2 Å². The molecular formula is C14H19BrN2O5. The van der Waals surface area contributed by atoms with E-state index in [4.69, 9.17) is 9.47 Å². The molecule has 0 radical (unpaired) electrons. The molecule has 0 atom stereocenters. The van der Waals surface area contributed by atoms with Gasteiger partial charge in [-0.15, -0.1) is 0 Å². The Hall–Kier alpha value is -1.67. The lowest BCUT2D eigenvalue weighted by atomic mass is 10.2. The molecule has 7 nitrogen and oxygen atoms in total. The van der Waals surface area contributed by atoms with Gasteiger partial charge in [-0.05, 0) is 32.4 Å². The summed E-state index contributed by atoms with van der Waals surface area (Å²) in [6.45, 7) is 6.14. The van der Waals surface area contributed by atoms with E-state index in [-0.39, 0.29) is 18.9 Å². The molecule has 1 amide bonds. The molecule has 0 aliphatic heterocycles. The van der Waals surface area contributed by atoms with Gasteiger partial charge in [-0.1, -0.05) is 15.9 Å². The van der Waals surface area contributed by atoms with Gasteiger partial charge in [-0.3, -0.25) is 10.1 Å². The smallest absolute Gasteiger partial charge is 0.407 e. The molecule has 0 aliphatic rings. The van der Waals surface area contributed by atoms with Crippen LogP contribution in [0.1, 0.15) is 26.3 Å². The second-order valence-electron chi connectivity index (χ2n) is 5.56. The second kappa shape index (κ2) is 8.09. The summed E-state index contributed by atoms with van der Waals surface area (Å²) in [6, 6.07) is 4.62. The first-order valence-corrected chi connectivity index (χ1v) is 7.45. The Morgan fingerprint density at radius 1 is 1.36 bits per heavy atom. The predicted octanol–water partition coefficient (Wildman–Crippen LogP) is 3.40. The van der Waals surface area contributed by atoms with Crippen LogP contribution in [0.4, 0.5) is 10.5 Å². The molecule has 0 saturated heterocycles. The fraction of sp³-hybridized carbons (Fsp3) is 0.500. The van der Waals surface area contributed by atoms with Gasteiger partial charge >= 0.3 is 6.09 Å². The summed E-state index contributed by atoms with van der Waals surface area (Å²) < 4.78 is 11.1. The zero-order valence-electron chi connectivity index (χ0n) is 12.7. The summed E-state index contributed by atoms with van der Waals surface area (Å²) in [7, 11) is 0. The maximum Gasteiger partial charge on any atom is 0.407 e. The lowest BCUT2D eigenvalue weighted by Crippen LogP contribution is -2.34. The number of non-ortho nitro benzene ring substituents is 1. The first-order valence-electron chi connectivity index (χ1n) is 6.66. The number of benzene rings is 1. The minimum absolute atomic E-state index is 0.000134. The Balaban J connectivity index is 2.33. The SMILES string of the molecule is CC(C)(C)OC(=O)NCCOCc1cc(Br)cc([N+](=O)[O-])c1. The van der Waals surface area contributed by atoms with Gasteiger partial charge in [0.2, 0.25) is 0 Å². The average molecular weight is 375 g/mol. The number of hydrogen-bond acceptors (Lipinski definition) is 5. The maximum absolute atomic E-state index is 11.4. The Labute approximate surface area is 137 Å². The van der Waals surface area contributed by atoms with Crippen LogP contribution in [0.5, 0.6) is 0 Å². The number of nitro groups is 1.